The number of fused-ring (bicyclic) bond motifs is 1. The average molecular weight is 553 g/mol. The number of urea groups is 1. The van der Waals surface area contributed by atoms with E-state index in [0.29, 0.717) is 13.1 Å². The fourth-order valence-corrected chi connectivity index (χ4v) is 4.88. The minimum Gasteiger partial charge on any atom is -0.491 e. The van der Waals surface area contributed by atoms with E-state index in [-0.39, 0.29) is 42.1 Å². The van der Waals surface area contributed by atoms with Gasteiger partial charge >= 0.3 is 12.2 Å². The zero-order valence-electron chi connectivity index (χ0n) is 21.6. The second kappa shape index (κ2) is 12.7. The number of benzene rings is 1. The van der Waals surface area contributed by atoms with Crippen LogP contribution in [0.4, 0.5) is 23.7 Å². The molecule has 1 heterocycles. The van der Waals surface area contributed by atoms with Gasteiger partial charge in [0.1, 0.15) is 12.4 Å². The lowest BCUT2D eigenvalue weighted by Gasteiger charge is -2.36. The fraction of sp³-hybridized carbons (Fsp3) is 0.652. The number of methoxy groups -OCH3 is 1. The smallest absolute Gasteiger partial charge is 0.404 e. The van der Waals surface area contributed by atoms with Crippen LogP contribution >= 0.6 is 0 Å². The van der Waals surface area contributed by atoms with Gasteiger partial charge in [-0.05, 0) is 31.5 Å². The number of halogens is 3. The average Bonchev–Trinajstić information content (AvgIpc) is 2.79. The van der Waals surface area contributed by atoms with Crippen molar-refractivity contribution in [2.45, 2.75) is 45.5 Å². The number of hydrogen-bond donors (Lipinski definition) is 2. The van der Waals surface area contributed by atoms with Gasteiger partial charge in [0.2, 0.25) is 10.0 Å². The Hall–Kier alpha value is -2.74. The standard InChI is InChI=1S/C23H35F3N4O6S/c1-6-9-27-22(32)30-11-15(2)20(35-5)12-29(4)21(31)18-10-17(7-8-19(18)36-13-16(30)3)28-37(33,34)14-23(24,25)26/h7-8,10,15-16,20,28H,6,9,11-14H2,1-5H3,(H,27,32)/t15-,16+,20+/m0/s1. The van der Waals surface area contributed by atoms with E-state index in [1.165, 1.54) is 31.2 Å². The first-order valence-corrected chi connectivity index (χ1v) is 13.5. The molecule has 0 saturated carbocycles. The van der Waals surface area contributed by atoms with Crippen molar-refractivity contribution in [3.63, 3.8) is 0 Å². The van der Waals surface area contributed by atoms with Gasteiger partial charge in [0.15, 0.2) is 5.75 Å². The highest BCUT2D eigenvalue weighted by molar-refractivity contribution is 7.92. The van der Waals surface area contributed by atoms with Crippen LogP contribution in [0.3, 0.4) is 0 Å². The maximum Gasteiger partial charge on any atom is 0.404 e. The topological polar surface area (TPSA) is 117 Å². The van der Waals surface area contributed by atoms with E-state index in [0.717, 1.165) is 12.5 Å². The third-order valence-corrected chi connectivity index (χ3v) is 7.11. The second-order valence-corrected chi connectivity index (χ2v) is 10.9. The normalized spacial score (nSPS) is 21.8. The molecule has 0 unspecified atom stereocenters. The highest BCUT2D eigenvalue weighted by Gasteiger charge is 2.35. The molecule has 3 atom stereocenters. The first kappa shape index (κ1) is 30.5. The molecule has 37 heavy (non-hydrogen) atoms. The first-order valence-electron chi connectivity index (χ1n) is 11.8. The molecular formula is C23H35F3N4O6S. The molecule has 3 amide bonds. The van der Waals surface area contributed by atoms with Crippen molar-refractivity contribution in [3.05, 3.63) is 23.8 Å². The number of carbonyl (C=O) groups is 2. The van der Waals surface area contributed by atoms with Crippen LogP contribution in [0.5, 0.6) is 5.75 Å². The number of rotatable bonds is 6. The molecule has 210 valence electrons. The zero-order chi connectivity index (χ0) is 28.0. The first-order chi connectivity index (χ1) is 17.2. The minimum atomic E-state index is -4.93. The summed E-state index contributed by atoms with van der Waals surface area (Å²) in [5.41, 5.74) is -0.266. The Morgan fingerprint density at radius 1 is 1.24 bits per heavy atom. The maximum atomic E-state index is 13.3. The molecule has 1 aliphatic heterocycles. The molecule has 1 aromatic carbocycles. The number of alkyl halides is 3. The molecular weight excluding hydrogens is 517 g/mol. The number of hydrogen-bond acceptors (Lipinski definition) is 6. The summed E-state index contributed by atoms with van der Waals surface area (Å²) >= 11 is 0. The Morgan fingerprint density at radius 2 is 1.92 bits per heavy atom. The van der Waals surface area contributed by atoms with Crippen molar-refractivity contribution >= 4 is 27.6 Å². The van der Waals surface area contributed by atoms with Crippen molar-refractivity contribution in [1.29, 1.82) is 0 Å². The van der Waals surface area contributed by atoms with Gasteiger partial charge in [-0.1, -0.05) is 13.8 Å². The summed E-state index contributed by atoms with van der Waals surface area (Å²) < 4.78 is 75.2. The highest BCUT2D eigenvalue weighted by atomic mass is 32.2. The van der Waals surface area contributed by atoms with Crippen molar-refractivity contribution in [3.8, 4) is 5.75 Å². The SMILES string of the molecule is CCCNC(=O)N1C[C@H](C)[C@H](OC)CN(C)C(=O)c2cc(NS(=O)(=O)CC(F)(F)F)ccc2OC[C@H]1C. The van der Waals surface area contributed by atoms with Crippen molar-refractivity contribution < 1.29 is 40.7 Å². The molecule has 0 aromatic heterocycles. The van der Waals surface area contributed by atoms with Gasteiger partial charge in [0, 0.05) is 45.4 Å². The summed E-state index contributed by atoms with van der Waals surface area (Å²) in [5.74, 6) is -2.68. The highest BCUT2D eigenvalue weighted by Crippen LogP contribution is 2.28. The van der Waals surface area contributed by atoms with Gasteiger partial charge < -0.3 is 24.6 Å². The van der Waals surface area contributed by atoms with E-state index in [9.17, 15) is 31.2 Å². The third-order valence-electron chi connectivity index (χ3n) is 5.86. The Labute approximate surface area is 215 Å². The van der Waals surface area contributed by atoms with Crippen LogP contribution in [0.15, 0.2) is 18.2 Å². The number of likely N-dealkylation sites (N-methyl/N-ethyl adjacent to an activating group) is 1. The van der Waals surface area contributed by atoms with Gasteiger partial charge in [0.25, 0.3) is 5.91 Å². The number of nitrogens with zero attached hydrogens (tertiary/aromatic N) is 2. The number of amides is 3. The van der Waals surface area contributed by atoms with Crippen molar-refractivity contribution in [2.75, 3.05) is 50.9 Å². The Morgan fingerprint density at radius 3 is 2.51 bits per heavy atom. The van der Waals surface area contributed by atoms with E-state index >= 15 is 0 Å². The van der Waals surface area contributed by atoms with Crippen LogP contribution in [0.25, 0.3) is 0 Å². The molecule has 2 N–H and O–H groups in total. The van der Waals surface area contributed by atoms with Crippen LogP contribution in [0.1, 0.15) is 37.6 Å². The summed E-state index contributed by atoms with van der Waals surface area (Å²) in [4.78, 5) is 29.2. The summed E-state index contributed by atoms with van der Waals surface area (Å²) in [6.07, 6.45) is -4.62. The largest absolute Gasteiger partial charge is 0.491 e. The Bertz CT molecular complexity index is 1050. The number of nitrogens with one attached hydrogen (secondary N) is 2. The van der Waals surface area contributed by atoms with E-state index < -0.39 is 40.0 Å². The van der Waals surface area contributed by atoms with E-state index in [4.69, 9.17) is 9.47 Å². The quantitative estimate of drug-likeness (QED) is 0.561. The molecule has 0 fully saturated rings. The van der Waals surface area contributed by atoms with Crippen LogP contribution < -0.4 is 14.8 Å². The van der Waals surface area contributed by atoms with Crippen LogP contribution in [0, 0.1) is 5.92 Å². The van der Waals surface area contributed by atoms with E-state index in [1.807, 2.05) is 18.6 Å². The molecule has 10 nitrogen and oxygen atoms in total. The second-order valence-electron chi connectivity index (χ2n) is 9.17. The minimum absolute atomic E-state index is 0.00700. The number of ether oxygens (including phenoxy) is 2. The van der Waals surface area contributed by atoms with Gasteiger partial charge in [-0.2, -0.15) is 13.2 Å². The predicted octanol–water partition coefficient (Wildman–Crippen LogP) is 2.92. The summed E-state index contributed by atoms with van der Waals surface area (Å²) in [6, 6.07) is 2.97. The lowest BCUT2D eigenvalue weighted by atomic mass is 10.0. The summed E-state index contributed by atoms with van der Waals surface area (Å²) in [5, 5.41) is 2.86. The van der Waals surface area contributed by atoms with Crippen molar-refractivity contribution in [2.24, 2.45) is 5.92 Å². The molecule has 2 rings (SSSR count). The molecule has 0 saturated heterocycles. The lowest BCUT2D eigenvalue weighted by Crippen LogP contribution is -2.51. The van der Waals surface area contributed by atoms with Crippen LogP contribution in [-0.2, 0) is 14.8 Å². The van der Waals surface area contributed by atoms with Crippen LogP contribution in [-0.4, -0.2) is 94.6 Å². The lowest BCUT2D eigenvalue weighted by molar-refractivity contribution is -0.106. The maximum absolute atomic E-state index is 13.3. The van der Waals surface area contributed by atoms with Crippen LogP contribution in [0.2, 0.25) is 0 Å². The number of carbonyl (C=O) groups excluding carboxylic acids is 2. The number of anilines is 1. The summed E-state index contributed by atoms with van der Waals surface area (Å²) in [6.45, 7) is 6.61. The van der Waals surface area contributed by atoms with Gasteiger partial charge in [-0.25, -0.2) is 13.2 Å². The summed E-state index contributed by atoms with van der Waals surface area (Å²) in [7, 11) is -1.73. The Balaban J connectivity index is 2.44. The van der Waals surface area contributed by atoms with Crippen molar-refractivity contribution in [1.82, 2.24) is 15.1 Å². The molecule has 0 spiro atoms. The van der Waals surface area contributed by atoms with Gasteiger partial charge in [-0.3, -0.25) is 9.52 Å². The van der Waals surface area contributed by atoms with E-state index in [2.05, 4.69) is 5.32 Å². The number of sulfonamides is 1. The van der Waals surface area contributed by atoms with Gasteiger partial charge in [-0.15, -0.1) is 0 Å². The molecule has 1 aliphatic rings. The molecule has 14 heteroatoms. The fourth-order valence-electron chi connectivity index (χ4n) is 3.89. The zero-order valence-corrected chi connectivity index (χ0v) is 22.4. The molecule has 1 aromatic rings. The molecule has 0 radical (unpaired) electrons. The monoisotopic (exact) mass is 552 g/mol. The predicted molar refractivity (Wildman–Crippen MR) is 132 cm³/mol. The van der Waals surface area contributed by atoms with Gasteiger partial charge in [0.05, 0.1) is 17.7 Å². The molecule has 0 aliphatic carbocycles. The third kappa shape index (κ3) is 8.95. The van der Waals surface area contributed by atoms with E-state index in [1.54, 1.807) is 11.8 Å². The Kier molecular flexibility index (Phi) is 10.4. The molecule has 0 bridgehead atoms.